The summed E-state index contributed by atoms with van der Waals surface area (Å²) < 4.78 is 36.7. The van der Waals surface area contributed by atoms with Crippen LogP contribution >= 0.6 is 0 Å². The van der Waals surface area contributed by atoms with Crippen molar-refractivity contribution >= 4 is 5.97 Å². The fourth-order valence-electron chi connectivity index (χ4n) is 2.33. The summed E-state index contributed by atoms with van der Waals surface area (Å²) in [6, 6.07) is 3.58. The minimum Gasteiger partial charge on any atom is -0.487 e. The SMILES string of the molecule is COC(=O)C1CNCC(COc2c(F)cccc2F)C1. The van der Waals surface area contributed by atoms with E-state index in [2.05, 4.69) is 5.32 Å². The maximum Gasteiger partial charge on any atom is 0.309 e. The number of ether oxygens (including phenoxy) is 2. The third kappa shape index (κ3) is 3.45. The van der Waals surface area contributed by atoms with Gasteiger partial charge in [0.05, 0.1) is 19.6 Å². The van der Waals surface area contributed by atoms with Crippen LogP contribution in [0.1, 0.15) is 6.42 Å². The summed E-state index contributed by atoms with van der Waals surface area (Å²) >= 11 is 0. The number of nitrogens with one attached hydrogen (secondary N) is 1. The van der Waals surface area contributed by atoms with Crippen LogP contribution in [0, 0.1) is 23.5 Å². The van der Waals surface area contributed by atoms with E-state index in [0.717, 1.165) is 12.1 Å². The normalized spacial score (nSPS) is 22.4. The Hall–Kier alpha value is -1.69. The molecule has 4 nitrogen and oxygen atoms in total. The summed E-state index contributed by atoms with van der Waals surface area (Å²) in [5, 5.41) is 3.10. The van der Waals surface area contributed by atoms with E-state index < -0.39 is 11.6 Å². The minimum atomic E-state index is -0.724. The molecule has 2 unspecified atom stereocenters. The molecule has 1 aromatic carbocycles. The molecule has 0 bridgehead atoms. The van der Waals surface area contributed by atoms with Crippen molar-refractivity contribution in [3.05, 3.63) is 29.8 Å². The Morgan fingerprint density at radius 3 is 2.70 bits per heavy atom. The van der Waals surface area contributed by atoms with Crippen molar-refractivity contribution in [3.8, 4) is 5.75 Å². The van der Waals surface area contributed by atoms with Gasteiger partial charge in [0.25, 0.3) is 0 Å². The number of benzene rings is 1. The van der Waals surface area contributed by atoms with Crippen molar-refractivity contribution in [3.63, 3.8) is 0 Å². The van der Waals surface area contributed by atoms with Gasteiger partial charge in [0.15, 0.2) is 17.4 Å². The lowest BCUT2D eigenvalue weighted by molar-refractivity contribution is -0.146. The van der Waals surface area contributed by atoms with Gasteiger partial charge < -0.3 is 14.8 Å². The maximum absolute atomic E-state index is 13.4. The van der Waals surface area contributed by atoms with Gasteiger partial charge in [0.1, 0.15) is 0 Å². The molecular formula is C14H17F2NO3. The van der Waals surface area contributed by atoms with Gasteiger partial charge in [0.2, 0.25) is 0 Å². The average molecular weight is 285 g/mol. The molecule has 0 spiro atoms. The van der Waals surface area contributed by atoms with Gasteiger partial charge in [-0.1, -0.05) is 6.07 Å². The van der Waals surface area contributed by atoms with Crippen molar-refractivity contribution in [1.82, 2.24) is 5.32 Å². The molecule has 0 aromatic heterocycles. The van der Waals surface area contributed by atoms with Crippen LogP contribution in [0.15, 0.2) is 18.2 Å². The zero-order valence-corrected chi connectivity index (χ0v) is 11.2. The summed E-state index contributed by atoms with van der Waals surface area (Å²) in [4.78, 5) is 11.5. The summed E-state index contributed by atoms with van der Waals surface area (Å²) in [5.41, 5.74) is 0. The second-order valence-corrected chi connectivity index (χ2v) is 4.84. The number of esters is 1. The molecule has 0 radical (unpaired) electrons. The summed E-state index contributed by atoms with van der Waals surface area (Å²) in [6.07, 6.45) is 0.579. The van der Waals surface area contributed by atoms with Gasteiger partial charge in [-0.15, -0.1) is 0 Å². The highest BCUT2D eigenvalue weighted by atomic mass is 19.1. The number of piperidine rings is 1. The minimum absolute atomic E-state index is 0.00635. The molecule has 110 valence electrons. The van der Waals surface area contributed by atoms with E-state index in [1.807, 2.05) is 0 Å². The third-order valence-corrected chi connectivity index (χ3v) is 3.36. The monoisotopic (exact) mass is 285 g/mol. The fourth-order valence-corrected chi connectivity index (χ4v) is 2.33. The quantitative estimate of drug-likeness (QED) is 0.856. The second kappa shape index (κ2) is 6.65. The van der Waals surface area contributed by atoms with Gasteiger partial charge in [-0.3, -0.25) is 4.79 Å². The van der Waals surface area contributed by atoms with Crippen LogP contribution in [0.5, 0.6) is 5.75 Å². The largest absolute Gasteiger partial charge is 0.487 e. The van der Waals surface area contributed by atoms with Crippen molar-refractivity contribution < 1.29 is 23.0 Å². The Kier molecular flexibility index (Phi) is 4.89. The summed E-state index contributed by atoms with van der Waals surface area (Å²) in [7, 11) is 1.34. The highest BCUT2D eigenvalue weighted by molar-refractivity contribution is 5.72. The van der Waals surface area contributed by atoms with Crippen molar-refractivity contribution in [2.45, 2.75) is 6.42 Å². The van der Waals surface area contributed by atoms with Crippen LogP contribution in [-0.2, 0) is 9.53 Å². The molecule has 2 rings (SSSR count). The summed E-state index contributed by atoms with van der Waals surface area (Å²) in [6.45, 7) is 1.35. The predicted octanol–water partition coefficient (Wildman–Crippen LogP) is 1.74. The lowest BCUT2D eigenvalue weighted by atomic mass is 9.91. The van der Waals surface area contributed by atoms with Crippen LogP contribution in [0.2, 0.25) is 0 Å². The van der Waals surface area contributed by atoms with Gasteiger partial charge in [0, 0.05) is 19.0 Å². The van der Waals surface area contributed by atoms with Gasteiger partial charge in [-0.05, 0) is 18.6 Å². The lowest BCUT2D eigenvalue weighted by Gasteiger charge is -2.28. The lowest BCUT2D eigenvalue weighted by Crippen LogP contribution is -2.42. The van der Waals surface area contributed by atoms with Crippen LogP contribution in [0.3, 0.4) is 0 Å². The number of carbonyl (C=O) groups is 1. The fraction of sp³-hybridized carbons (Fsp3) is 0.500. The smallest absolute Gasteiger partial charge is 0.309 e. The Bertz CT molecular complexity index is 461. The number of para-hydroxylation sites is 1. The van der Waals surface area contributed by atoms with Gasteiger partial charge >= 0.3 is 5.97 Å². The number of rotatable bonds is 4. The van der Waals surface area contributed by atoms with Crippen molar-refractivity contribution in [2.24, 2.45) is 11.8 Å². The topological polar surface area (TPSA) is 47.6 Å². The third-order valence-electron chi connectivity index (χ3n) is 3.36. The van der Waals surface area contributed by atoms with Crippen LogP contribution in [0.4, 0.5) is 8.78 Å². The molecule has 1 heterocycles. The molecule has 20 heavy (non-hydrogen) atoms. The maximum atomic E-state index is 13.4. The first-order valence-electron chi connectivity index (χ1n) is 6.47. The van der Waals surface area contributed by atoms with E-state index in [4.69, 9.17) is 9.47 Å². The zero-order valence-electron chi connectivity index (χ0n) is 11.2. The number of halogens is 2. The Labute approximate surface area is 116 Å². The van der Waals surface area contributed by atoms with E-state index in [1.165, 1.54) is 13.2 Å². The molecule has 1 saturated heterocycles. The second-order valence-electron chi connectivity index (χ2n) is 4.84. The van der Waals surface area contributed by atoms with E-state index in [1.54, 1.807) is 0 Å². The number of carbonyl (C=O) groups excluding carboxylic acids is 1. The van der Waals surface area contributed by atoms with Gasteiger partial charge in [-0.2, -0.15) is 0 Å². The first-order valence-corrected chi connectivity index (χ1v) is 6.47. The molecule has 1 fully saturated rings. The van der Waals surface area contributed by atoms with Crippen LogP contribution in [0.25, 0.3) is 0 Å². The highest BCUT2D eigenvalue weighted by Crippen LogP contribution is 2.23. The van der Waals surface area contributed by atoms with E-state index >= 15 is 0 Å². The first-order chi connectivity index (χ1) is 9.61. The average Bonchev–Trinajstić information content (AvgIpc) is 2.46. The van der Waals surface area contributed by atoms with Crippen LogP contribution < -0.4 is 10.1 Å². The van der Waals surface area contributed by atoms with Crippen LogP contribution in [-0.4, -0.2) is 32.8 Å². The van der Waals surface area contributed by atoms with E-state index in [9.17, 15) is 13.6 Å². The molecule has 2 atom stereocenters. The van der Waals surface area contributed by atoms with E-state index in [-0.39, 0.29) is 30.2 Å². The molecule has 0 amide bonds. The molecule has 1 aromatic rings. The molecule has 1 aliphatic rings. The van der Waals surface area contributed by atoms with Crippen molar-refractivity contribution in [1.29, 1.82) is 0 Å². The number of hydrogen-bond acceptors (Lipinski definition) is 4. The van der Waals surface area contributed by atoms with Crippen molar-refractivity contribution in [2.75, 3.05) is 26.8 Å². The number of hydrogen-bond donors (Lipinski definition) is 1. The van der Waals surface area contributed by atoms with E-state index in [0.29, 0.717) is 19.5 Å². The molecule has 1 N–H and O–H groups in total. The standard InChI is InChI=1S/C14H17F2NO3/c1-19-14(18)10-5-9(6-17-7-10)8-20-13-11(15)3-2-4-12(13)16/h2-4,9-10,17H,5-8H2,1H3. The Balaban J connectivity index is 1.92. The van der Waals surface area contributed by atoms with Gasteiger partial charge in [-0.25, -0.2) is 8.78 Å². The Morgan fingerprint density at radius 1 is 1.35 bits per heavy atom. The highest BCUT2D eigenvalue weighted by Gasteiger charge is 2.28. The summed E-state index contributed by atoms with van der Waals surface area (Å²) in [5.74, 6) is -2.33. The number of methoxy groups -OCH3 is 1. The zero-order chi connectivity index (χ0) is 14.5. The molecule has 6 heteroatoms. The molecular weight excluding hydrogens is 268 g/mol. The predicted molar refractivity (Wildman–Crippen MR) is 68.3 cm³/mol. The first kappa shape index (κ1) is 14.7. The molecule has 0 aliphatic carbocycles. The molecule has 0 saturated carbocycles. The molecule has 1 aliphatic heterocycles. The Morgan fingerprint density at radius 2 is 2.05 bits per heavy atom.